The Morgan fingerprint density at radius 3 is 1.75 bits per heavy atom. The molecule has 0 atom stereocenters. The van der Waals surface area contributed by atoms with Crippen molar-refractivity contribution >= 4 is 65.0 Å². The number of fused-ring (bicyclic) bond motifs is 9. The summed E-state index contributed by atoms with van der Waals surface area (Å²) in [6.07, 6.45) is 0. The van der Waals surface area contributed by atoms with E-state index in [9.17, 15) is 0 Å². The molecule has 53 heavy (non-hydrogen) atoms. The van der Waals surface area contributed by atoms with Crippen LogP contribution in [-0.4, -0.2) is 15.0 Å². The number of benzene rings is 9. The molecule has 0 aliphatic rings. The average Bonchev–Trinajstić information content (AvgIpc) is 3.63. The summed E-state index contributed by atoms with van der Waals surface area (Å²) >= 11 is 0. The van der Waals surface area contributed by atoms with Gasteiger partial charge < -0.3 is 4.42 Å². The van der Waals surface area contributed by atoms with Gasteiger partial charge in [-0.3, -0.25) is 0 Å². The Bertz CT molecular complexity index is 3220. The predicted molar refractivity (Wildman–Crippen MR) is 219 cm³/mol. The first-order valence-electron chi connectivity index (χ1n) is 17.9. The second-order valence-corrected chi connectivity index (χ2v) is 13.6. The van der Waals surface area contributed by atoms with Gasteiger partial charge in [0.05, 0.1) is 0 Å². The highest BCUT2D eigenvalue weighted by atomic mass is 16.3. The number of rotatable bonds is 4. The van der Waals surface area contributed by atoms with E-state index in [4.69, 9.17) is 19.4 Å². The summed E-state index contributed by atoms with van der Waals surface area (Å²) in [4.78, 5) is 15.4. The van der Waals surface area contributed by atoms with Gasteiger partial charge in [-0.2, -0.15) is 0 Å². The molecule has 4 heteroatoms. The van der Waals surface area contributed by atoms with Crippen LogP contribution < -0.4 is 0 Å². The zero-order valence-corrected chi connectivity index (χ0v) is 28.5. The van der Waals surface area contributed by atoms with Crippen LogP contribution in [0.25, 0.3) is 110 Å². The van der Waals surface area contributed by atoms with Crippen molar-refractivity contribution in [1.82, 2.24) is 15.0 Å². The van der Waals surface area contributed by atoms with Crippen LogP contribution >= 0.6 is 0 Å². The molecular weight excluding hydrogens is 647 g/mol. The zero-order chi connectivity index (χ0) is 34.9. The SMILES string of the molecule is c1ccc(-c2nc(-c3ccc4ccccc4c3)nc(-c3ccc(-c4cc5ccccc5c5c4ccc4ccccc45)c4oc5ccccc5c34)n2)cc1. The molecule has 246 valence electrons. The van der Waals surface area contributed by atoms with E-state index >= 15 is 0 Å². The van der Waals surface area contributed by atoms with E-state index in [-0.39, 0.29) is 0 Å². The summed E-state index contributed by atoms with van der Waals surface area (Å²) < 4.78 is 6.86. The number of hydrogen-bond donors (Lipinski definition) is 0. The number of hydrogen-bond acceptors (Lipinski definition) is 4. The van der Waals surface area contributed by atoms with E-state index in [0.717, 1.165) is 55.1 Å². The number of nitrogens with zero attached hydrogens (tertiary/aromatic N) is 3. The maximum Gasteiger partial charge on any atom is 0.164 e. The zero-order valence-electron chi connectivity index (χ0n) is 28.5. The van der Waals surface area contributed by atoms with Crippen molar-refractivity contribution in [3.8, 4) is 45.3 Å². The minimum atomic E-state index is 0.597. The Labute approximate surface area is 304 Å². The topological polar surface area (TPSA) is 51.8 Å². The molecular formula is C49H29N3O. The van der Waals surface area contributed by atoms with Crippen molar-refractivity contribution in [3.63, 3.8) is 0 Å². The highest BCUT2D eigenvalue weighted by Crippen LogP contribution is 2.45. The van der Waals surface area contributed by atoms with Crippen LogP contribution in [0.1, 0.15) is 0 Å². The molecule has 11 aromatic rings. The minimum Gasteiger partial charge on any atom is -0.455 e. The first-order valence-corrected chi connectivity index (χ1v) is 17.9. The third-order valence-corrected chi connectivity index (χ3v) is 10.5. The van der Waals surface area contributed by atoms with Gasteiger partial charge in [-0.15, -0.1) is 0 Å². The normalized spacial score (nSPS) is 11.8. The molecule has 0 amide bonds. The number of furan rings is 1. The molecule has 2 aromatic heterocycles. The lowest BCUT2D eigenvalue weighted by Gasteiger charge is -2.15. The molecule has 0 spiro atoms. The lowest BCUT2D eigenvalue weighted by atomic mass is 9.89. The lowest BCUT2D eigenvalue weighted by Crippen LogP contribution is -2.00. The van der Waals surface area contributed by atoms with Gasteiger partial charge in [0.1, 0.15) is 11.2 Å². The summed E-state index contributed by atoms with van der Waals surface area (Å²) in [5, 5.41) is 11.6. The van der Waals surface area contributed by atoms with Gasteiger partial charge in [0.2, 0.25) is 0 Å². The van der Waals surface area contributed by atoms with Crippen molar-refractivity contribution in [2.45, 2.75) is 0 Å². The van der Waals surface area contributed by atoms with Crippen LogP contribution in [0.4, 0.5) is 0 Å². The highest BCUT2D eigenvalue weighted by molar-refractivity contribution is 6.26. The third-order valence-electron chi connectivity index (χ3n) is 10.5. The molecule has 4 nitrogen and oxygen atoms in total. The first kappa shape index (κ1) is 29.5. The molecule has 0 radical (unpaired) electrons. The molecule has 0 saturated carbocycles. The van der Waals surface area contributed by atoms with E-state index in [1.165, 1.54) is 37.7 Å². The van der Waals surface area contributed by atoms with Gasteiger partial charge >= 0.3 is 0 Å². The fourth-order valence-electron chi connectivity index (χ4n) is 7.99. The fourth-order valence-corrected chi connectivity index (χ4v) is 7.99. The third kappa shape index (κ3) is 4.73. The number of aromatic nitrogens is 3. The molecule has 9 aromatic carbocycles. The van der Waals surface area contributed by atoms with Crippen LogP contribution in [-0.2, 0) is 0 Å². The summed E-state index contributed by atoms with van der Waals surface area (Å²) in [6.45, 7) is 0. The quantitative estimate of drug-likeness (QED) is 0.174. The summed E-state index contributed by atoms with van der Waals surface area (Å²) in [6, 6.07) is 61.6. The van der Waals surface area contributed by atoms with Gasteiger partial charge in [-0.1, -0.05) is 146 Å². The molecule has 0 saturated heterocycles. The molecule has 0 N–H and O–H groups in total. The lowest BCUT2D eigenvalue weighted by molar-refractivity contribution is 0.670. The van der Waals surface area contributed by atoms with Crippen LogP contribution in [0.15, 0.2) is 180 Å². The molecule has 11 rings (SSSR count). The van der Waals surface area contributed by atoms with Crippen LogP contribution in [0, 0.1) is 0 Å². The Balaban J connectivity index is 1.21. The molecule has 2 heterocycles. The number of para-hydroxylation sites is 1. The summed E-state index contributed by atoms with van der Waals surface area (Å²) in [7, 11) is 0. The second kappa shape index (κ2) is 11.7. The van der Waals surface area contributed by atoms with Crippen molar-refractivity contribution in [3.05, 3.63) is 176 Å². The smallest absolute Gasteiger partial charge is 0.164 e. The average molecular weight is 676 g/mol. The summed E-state index contributed by atoms with van der Waals surface area (Å²) in [5.41, 5.74) is 6.53. The largest absolute Gasteiger partial charge is 0.455 e. The van der Waals surface area contributed by atoms with Gasteiger partial charge in [0.25, 0.3) is 0 Å². The van der Waals surface area contributed by atoms with Gasteiger partial charge in [0.15, 0.2) is 17.5 Å². The van der Waals surface area contributed by atoms with Crippen molar-refractivity contribution in [1.29, 1.82) is 0 Å². The van der Waals surface area contributed by atoms with E-state index in [2.05, 4.69) is 133 Å². The van der Waals surface area contributed by atoms with Gasteiger partial charge in [-0.05, 0) is 79.0 Å². The maximum atomic E-state index is 6.86. The van der Waals surface area contributed by atoms with E-state index < -0.39 is 0 Å². The Kier molecular flexibility index (Phi) is 6.52. The molecule has 0 unspecified atom stereocenters. The predicted octanol–water partition coefficient (Wildman–Crippen LogP) is 13.1. The monoisotopic (exact) mass is 675 g/mol. The van der Waals surface area contributed by atoms with E-state index in [1.807, 2.05) is 42.5 Å². The van der Waals surface area contributed by atoms with Crippen LogP contribution in [0.3, 0.4) is 0 Å². The van der Waals surface area contributed by atoms with Crippen LogP contribution in [0.2, 0.25) is 0 Å². The van der Waals surface area contributed by atoms with Gasteiger partial charge in [-0.25, -0.2) is 15.0 Å². The molecule has 0 bridgehead atoms. The maximum absolute atomic E-state index is 6.86. The van der Waals surface area contributed by atoms with E-state index in [0.29, 0.717) is 17.5 Å². The Hall–Kier alpha value is -7.17. The first-order chi connectivity index (χ1) is 26.3. The highest BCUT2D eigenvalue weighted by Gasteiger charge is 2.22. The van der Waals surface area contributed by atoms with Crippen molar-refractivity contribution < 1.29 is 4.42 Å². The summed E-state index contributed by atoms with van der Waals surface area (Å²) in [5.74, 6) is 1.84. The standard InChI is InChI=1S/C49H29N3O/c1-2-14-32(15-3-1)47-50-48(35-23-22-30-12-4-5-16-33(30)28-35)52-49(51-47)41-27-26-39(46-45(41)40-20-10-11-21-43(40)53-46)42-29-34-17-7-9-19-37(34)44-36-18-8-6-13-31(36)24-25-38(42)44/h1-29H. The van der Waals surface area contributed by atoms with E-state index in [1.54, 1.807) is 0 Å². The Morgan fingerprint density at radius 1 is 0.321 bits per heavy atom. The minimum absolute atomic E-state index is 0.597. The van der Waals surface area contributed by atoms with Crippen LogP contribution in [0.5, 0.6) is 0 Å². The fraction of sp³-hybridized carbons (Fsp3) is 0. The molecule has 0 aliphatic carbocycles. The molecule has 0 fully saturated rings. The van der Waals surface area contributed by atoms with Crippen molar-refractivity contribution in [2.24, 2.45) is 0 Å². The molecule has 0 aliphatic heterocycles. The van der Waals surface area contributed by atoms with Crippen molar-refractivity contribution in [2.75, 3.05) is 0 Å². The Morgan fingerprint density at radius 2 is 0.925 bits per heavy atom. The second-order valence-electron chi connectivity index (χ2n) is 13.6. The van der Waals surface area contributed by atoms with Gasteiger partial charge in [0, 0.05) is 33.0 Å².